The zero-order valence-corrected chi connectivity index (χ0v) is 12.3. The Bertz CT molecular complexity index is 301. The number of aliphatic carboxylic acids is 1. The van der Waals surface area contributed by atoms with Gasteiger partial charge in [-0.05, 0) is 58.7 Å². The Morgan fingerprint density at radius 2 is 1.95 bits per heavy atom. The first-order valence-corrected chi connectivity index (χ1v) is 7.86. The lowest BCUT2D eigenvalue weighted by atomic mass is 10.00. The van der Waals surface area contributed by atoms with Crippen LogP contribution in [0.4, 0.5) is 0 Å². The third-order valence-corrected chi connectivity index (χ3v) is 4.88. The predicted molar refractivity (Wildman–Crippen MR) is 76.3 cm³/mol. The van der Waals surface area contributed by atoms with Gasteiger partial charge in [0.05, 0.1) is 0 Å². The summed E-state index contributed by atoms with van der Waals surface area (Å²) in [6.45, 7) is 7.81. The highest BCUT2D eigenvalue weighted by atomic mass is 16.4. The molecule has 2 atom stereocenters. The number of carboxylic acids is 1. The minimum atomic E-state index is -0.626. The molecule has 19 heavy (non-hydrogen) atoms. The average Bonchev–Trinajstić information content (AvgIpc) is 2.88. The lowest BCUT2D eigenvalue weighted by Gasteiger charge is -2.40. The van der Waals surface area contributed by atoms with Gasteiger partial charge in [0.2, 0.25) is 0 Å². The van der Waals surface area contributed by atoms with Crippen LogP contribution in [0, 0.1) is 0 Å². The number of hydrogen-bond acceptors (Lipinski definition) is 3. The second-order valence-corrected chi connectivity index (χ2v) is 6.14. The predicted octanol–water partition coefficient (Wildman–Crippen LogP) is 2.19. The van der Waals surface area contributed by atoms with E-state index in [-0.39, 0.29) is 6.04 Å². The number of rotatable bonds is 5. The van der Waals surface area contributed by atoms with Crippen molar-refractivity contribution in [3.8, 4) is 0 Å². The van der Waals surface area contributed by atoms with Crippen LogP contribution in [0.5, 0.6) is 0 Å². The largest absolute Gasteiger partial charge is 0.480 e. The molecule has 4 heteroatoms. The van der Waals surface area contributed by atoms with Gasteiger partial charge in [-0.1, -0.05) is 13.3 Å². The fourth-order valence-corrected chi connectivity index (χ4v) is 3.75. The molecule has 2 saturated heterocycles. The Hall–Kier alpha value is -0.610. The summed E-state index contributed by atoms with van der Waals surface area (Å²) >= 11 is 0. The number of piperidine rings is 1. The number of likely N-dealkylation sites (tertiary alicyclic amines) is 2. The van der Waals surface area contributed by atoms with Gasteiger partial charge in [0, 0.05) is 12.1 Å². The highest BCUT2D eigenvalue weighted by molar-refractivity contribution is 5.73. The molecule has 2 unspecified atom stereocenters. The number of carboxylic acid groups (broad SMARTS) is 1. The van der Waals surface area contributed by atoms with Gasteiger partial charge < -0.3 is 10.0 Å². The van der Waals surface area contributed by atoms with Crippen LogP contribution in [-0.2, 0) is 4.79 Å². The second-order valence-electron chi connectivity index (χ2n) is 6.14. The van der Waals surface area contributed by atoms with Crippen molar-refractivity contribution in [2.24, 2.45) is 0 Å². The van der Waals surface area contributed by atoms with Crippen LogP contribution in [0.1, 0.15) is 52.4 Å². The summed E-state index contributed by atoms with van der Waals surface area (Å²) in [6, 6.07) is 0.957. The Kier molecular flexibility index (Phi) is 5.22. The van der Waals surface area contributed by atoms with E-state index in [0.717, 1.165) is 45.3 Å². The van der Waals surface area contributed by atoms with Crippen LogP contribution in [0.25, 0.3) is 0 Å². The molecular weight excluding hydrogens is 240 g/mol. The van der Waals surface area contributed by atoms with Crippen molar-refractivity contribution in [3.63, 3.8) is 0 Å². The van der Waals surface area contributed by atoms with E-state index in [9.17, 15) is 9.90 Å². The summed E-state index contributed by atoms with van der Waals surface area (Å²) in [5.41, 5.74) is 0. The average molecular weight is 268 g/mol. The molecule has 0 aromatic rings. The van der Waals surface area contributed by atoms with Crippen molar-refractivity contribution < 1.29 is 9.90 Å². The summed E-state index contributed by atoms with van der Waals surface area (Å²) in [7, 11) is 0. The standard InChI is InChI=1S/C15H28N2O2/c1-3-5-12(2)16-10-7-13(8-11-16)17-9-4-6-14(17)15(18)19/h12-14H,3-11H2,1-2H3,(H,18,19). The minimum absolute atomic E-state index is 0.218. The van der Waals surface area contributed by atoms with Gasteiger partial charge in [0.25, 0.3) is 0 Å². The maximum atomic E-state index is 11.3. The molecule has 0 aliphatic carbocycles. The quantitative estimate of drug-likeness (QED) is 0.830. The van der Waals surface area contributed by atoms with Crippen molar-refractivity contribution in [1.82, 2.24) is 9.80 Å². The van der Waals surface area contributed by atoms with E-state index in [2.05, 4.69) is 23.6 Å². The molecule has 0 aromatic heterocycles. The maximum Gasteiger partial charge on any atom is 0.320 e. The van der Waals surface area contributed by atoms with Crippen LogP contribution < -0.4 is 0 Å². The lowest BCUT2D eigenvalue weighted by Crippen LogP contribution is -2.50. The first-order valence-electron chi connectivity index (χ1n) is 7.86. The van der Waals surface area contributed by atoms with Crippen LogP contribution in [0.15, 0.2) is 0 Å². The molecule has 110 valence electrons. The normalized spacial score (nSPS) is 28.6. The number of hydrogen-bond donors (Lipinski definition) is 1. The molecule has 2 rings (SSSR count). The van der Waals surface area contributed by atoms with Crippen LogP contribution in [0.3, 0.4) is 0 Å². The highest BCUT2D eigenvalue weighted by Gasteiger charge is 2.36. The van der Waals surface area contributed by atoms with Crippen molar-refractivity contribution in [3.05, 3.63) is 0 Å². The lowest BCUT2D eigenvalue weighted by molar-refractivity contribution is -0.143. The van der Waals surface area contributed by atoms with Crippen molar-refractivity contribution >= 4 is 5.97 Å². The minimum Gasteiger partial charge on any atom is -0.480 e. The Labute approximate surface area is 116 Å². The smallest absolute Gasteiger partial charge is 0.320 e. The number of nitrogens with zero attached hydrogens (tertiary/aromatic N) is 2. The van der Waals surface area contributed by atoms with Gasteiger partial charge >= 0.3 is 5.97 Å². The van der Waals surface area contributed by atoms with Gasteiger partial charge in [0.1, 0.15) is 6.04 Å². The zero-order chi connectivity index (χ0) is 13.8. The van der Waals surface area contributed by atoms with E-state index < -0.39 is 5.97 Å². The van der Waals surface area contributed by atoms with Crippen molar-refractivity contribution in [2.45, 2.75) is 70.5 Å². The third-order valence-electron chi connectivity index (χ3n) is 4.88. The van der Waals surface area contributed by atoms with E-state index in [4.69, 9.17) is 0 Å². The Morgan fingerprint density at radius 3 is 2.53 bits per heavy atom. The van der Waals surface area contributed by atoms with Gasteiger partial charge in [-0.25, -0.2) is 0 Å². The van der Waals surface area contributed by atoms with Crippen LogP contribution in [-0.4, -0.2) is 58.6 Å². The molecule has 2 heterocycles. The van der Waals surface area contributed by atoms with Crippen LogP contribution >= 0.6 is 0 Å². The number of carbonyl (C=O) groups is 1. The molecule has 0 aromatic carbocycles. The molecule has 0 radical (unpaired) electrons. The summed E-state index contributed by atoms with van der Waals surface area (Å²) in [6.07, 6.45) is 6.67. The van der Waals surface area contributed by atoms with Crippen molar-refractivity contribution in [1.29, 1.82) is 0 Å². The summed E-state index contributed by atoms with van der Waals surface area (Å²) in [5, 5.41) is 9.27. The summed E-state index contributed by atoms with van der Waals surface area (Å²) in [4.78, 5) is 16.1. The van der Waals surface area contributed by atoms with E-state index in [1.807, 2.05) is 0 Å². The molecule has 2 fully saturated rings. The first kappa shape index (κ1) is 14.8. The Morgan fingerprint density at radius 1 is 1.26 bits per heavy atom. The SMILES string of the molecule is CCCC(C)N1CCC(N2CCCC2C(=O)O)CC1. The van der Waals surface area contributed by atoms with E-state index in [1.54, 1.807) is 0 Å². The molecule has 1 N–H and O–H groups in total. The zero-order valence-electron chi connectivity index (χ0n) is 12.3. The second kappa shape index (κ2) is 6.71. The van der Waals surface area contributed by atoms with E-state index in [1.165, 1.54) is 12.8 Å². The van der Waals surface area contributed by atoms with Gasteiger partial charge in [-0.3, -0.25) is 9.69 Å². The first-order chi connectivity index (χ1) is 9.13. The Balaban J connectivity index is 1.84. The van der Waals surface area contributed by atoms with E-state index in [0.29, 0.717) is 12.1 Å². The topological polar surface area (TPSA) is 43.8 Å². The molecule has 2 aliphatic heterocycles. The van der Waals surface area contributed by atoms with Crippen molar-refractivity contribution in [2.75, 3.05) is 19.6 Å². The fourth-order valence-electron chi connectivity index (χ4n) is 3.75. The van der Waals surface area contributed by atoms with Gasteiger partial charge in [-0.2, -0.15) is 0 Å². The molecule has 0 saturated carbocycles. The molecule has 4 nitrogen and oxygen atoms in total. The molecule has 0 spiro atoms. The molecular formula is C15H28N2O2. The summed E-state index contributed by atoms with van der Waals surface area (Å²) < 4.78 is 0. The molecule has 0 amide bonds. The van der Waals surface area contributed by atoms with Gasteiger partial charge in [0.15, 0.2) is 0 Å². The highest BCUT2D eigenvalue weighted by Crippen LogP contribution is 2.27. The fraction of sp³-hybridized carbons (Fsp3) is 0.933. The maximum absolute atomic E-state index is 11.3. The monoisotopic (exact) mass is 268 g/mol. The summed E-state index contributed by atoms with van der Waals surface area (Å²) in [5.74, 6) is -0.626. The van der Waals surface area contributed by atoms with Crippen LogP contribution in [0.2, 0.25) is 0 Å². The molecule has 0 bridgehead atoms. The van der Waals surface area contributed by atoms with Gasteiger partial charge in [-0.15, -0.1) is 0 Å². The molecule has 2 aliphatic rings. The van der Waals surface area contributed by atoms with E-state index >= 15 is 0 Å². The third kappa shape index (κ3) is 3.48.